The average Bonchev–Trinajstić information content (AvgIpc) is 3.67. The van der Waals surface area contributed by atoms with Crippen LogP contribution in [0.5, 0.6) is 0 Å². The Bertz CT molecular complexity index is 2040. The Kier molecular flexibility index (Phi) is 26.1. The second-order valence-electron chi connectivity index (χ2n) is 20.2. The third-order valence-corrected chi connectivity index (χ3v) is 13.2. The molecule has 3 aromatic rings. The fourth-order valence-corrected chi connectivity index (χ4v) is 8.65. The predicted octanol–water partition coefficient (Wildman–Crippen LogP) is 7.83. The molecule has 0 saturated carbocycles. The topological polar surface area (TPSA) is 182 Å². The molecule has 15 nitrogen and oxygen atoms in total. The van der Waals surface area contributed by atoms with Gasteiger partial charge in [-0.15, -0.1) is 11.8 Å². The molecule has 3 amide bonds. The summed E-state index contributed by atoms with van der Waals surface area (Å²) in [4.78, 5) is 53.5. The molecule has 2 atom stereocenters. The van der Waals surface area contributed by atoms with Gasteiger partial charge in [-0.25, -0.2) is 13.6 Å². The van der Waals surface area contributed by atoms with E-state index in [1.807, 2.05) is 82.5 Å². The summed E-state index contributed by atoms with van der Waals surface area (Å²) in [5, 5.41) is 5.60. The van der Waals surface area contributed by atoms with Gasteiger partial charge >= 0.3 is 12.1 Å². The van der Waals surface area contributed by atoms with Crippen LogP contribution in [-0.4, -0.2) is 144 Å². The van der Waals surface area contributed by atoms with Crippen molar-refractivity contribution in [3.63, 3.8) is 0 Å². The van der Waals surface area contributed by atoms with E-state index in [4.69, 9.17) is 34.2 Å². The van der Waals surface area contributed by atoms with Crippen LogP contribution in [-0.2, 0) is 49.3 Å². The van der Waals surface area contributed by atoms with Crippen LogP contribution < -0.4 is 16.4 Å². The molecule has 0 aliphatic heterocycles. The Balaban J connectivity index is 1.57. The summed E-state index contributed by atoms with van der Waals surface area (Å²) in [6.45, 7) is 22.2. The van der Waals surface area contributed by atoms with Crippen LogP contribution in [0.25, 0.3) is 11.1 Å². The maximum Gasteiger partial charge on any atom is 0.407 e. The van der Waals surface area contributed by atoms with Gasteiger partial charge in [0.25, 0.3) is 0 Å². The number of hydrogen-bond acceptors (Lipinski definition) is 12. The van der Waals surface area contributed by atoms with Crippen LogP contribution in [0.3, 0.4) is 0 Å². The highest BCUT2D eigenvalue weighted by molar-refractivity contribution is 8.00. The van der Waals surface area contributed by atoms with E-state index in [1.165, 1.54) is 17.8 Å². The molecule has 3 rings (SSSR count). The van der Waals surface area contributed by atoms with E-state index >= 15 is 4.39 Å². The molecule has 0 fully saturated rings. The summed E-state index contributed by atoms with van der Waals surface area (Å²) in [6, 6.07) is 14.3. The average molecular weight is 1020 g/mol. The van der Waals surface area contributed by atoms with Crippen molar-refractivity contribution in [3.8, 4) is 11.1 Å². The molecule has 2 aromatic carbocycles. The minimum Gasteiger partial charge on any atom is -0.460 e. The molecule has 0 radical (unpaired) electrons. The van der Waals surface area contributed by atoms with Gasteiger partial charge in [-0.05, 0) is 68.5 Å². The standard InChI is InChI=1S/C51H79F2N5O10SSi/c1-50(2,3)47(44-32-39(41-33-40(52)16-17-42(41)53)35-57(44)34-38-14-11-10-12-15-38)58(21-13-19-56-49(62)67-30-31-70(7,8)9)45(59)37-69-36-43(54)48(61)55-20-23-64-25-27-66-29-28-65-26-24-63-22-18-46(60)68-51(4,5)6/h10-12,14-17,32-33,35,43,47H,13,18-31,34,36-37,54H2,1-9H3,(H,55,61)(H,56,62)/t43-,47-/m0/s1. The van der Waals surface area contributed by atoms with Gasteiger partial charge in [0, 0.05) is 63.0 Å². The van der Waals surface area contributed by atoms with Crippen molar-refractivity contribution >= 4 is 43.7 Å². The number of thioether (sulfide) groups is 1. The third-order valence-electron chi connectivity index (χ3n) is 10.4. The first kappa shape index (κ1) is 59.9. The molecule has 1 heterocycles. The monoisotopic (exact) mass is 1020 g/mol. The second-order valence-corrected chi connectivity index (χ2v) is 26.8. The van der Waals surface area contributed by atoms with Gasteiger partial charge in [-0.2, -0.15) is 0 Å². The summed E-state index contributed by atoms with van der Waals surface area (Å²) in [7, 11) is -1.40. The summed E-state index contributed by atoms with van der Waals surface area (Å²) < 4.78 is 64.5. The Morgan fingerprint density at radius 2 is 1.43 bits per heavy atom. The lowest BCUT2D eigenvalue weighted by Gasteiger charge is -2.41. The lowest BCUT2D eigenvalue weighted by molar-refractivity contribution is -0.156. The van der Waals surface area contributed by atoms with E-state index in [1.54, 1.807) is 11.1 Å². The van der Waals surface area contributed by atoms with Crippen LogP contribution >= 0.6 is 11.8 Å². The molecule has 0 saturated heterocycles. The highest BCUT2D eigenvalue weighted by atomic mass is 32.2. The molecule has 0 bridgehead atoms. The molecule has 4 N–H and O–H groups in total. The Morgan fingerprint density at radius 3 is 2.04 bits per heavy atom. The van der Waals surface area contributed by atoms with Crippen molar-refractivity contribution < 1.29 is 56.4 Å². The number of ether oxygens (including phenoxy) is 6. The van der Waals surface area contributed by atoms with Crippen LogP contribution in [0.15, 0.2) is 60.8 Å². The van der Waals surface area contributed by atoms with E-state index in [2.05, 4.69) is 30.3 Å². The van der Waals surface area contributed by atoms with Crippen molar-refractivity contribution in [1.29, 1.82) is 0 Å². The van der Waals surface area contributed by atoms with Crippen LogP contribution in [0.4, 0.5) is 13.6 Å². The van der Waals surface area contributed by atoms with Gasteiger partial charge in [0.1, 0.15) is 17.2 Å². The predicted molar refractivity (Wildman–Crippen MR) is 273 cm³/mol. The first-order valence-electron chi connectivity index (χ1n) is 24.1. The first-order valence-corrected chi connectivity index (χ1v) is 28.9. The number of aromatic nitrogens is 1. The second kappa shape index (κ2) is 30.5. The number of amides is 3. The number of hydrogen-bond donors (Lipinski definition) is 3. The van der Waals surface area contributed by atoms with Crippen LogP contribution in [0.1, 0.15) is 71.7 Å². The minimum absolute atomic E-state index is 0.00226. The third kappa shape index (κ3) is 24.2. The molecule has 392 valence electrons. The SMILES string of the molecule is CC(C)(C)OC(=O)CCOCCOCCOCCOCCNC(=O)[C@@H](N)CSCC(=O)N(CCCNC(=O)OCC[Si](C)(C)C)[C@@H](c1cc(-c2cc(F)ccc2F)cn1Cc1ccccc1)C(C)(C)C. The maximum absolute atomic E-state index is 15.3. The minimum atomic E-state index is -1.40. The van der Waals surface area contributed by atoms with Crippen molar-refractivity contribution in [3.05, 3.63) is 83.7 Å². The molecular weight excluding hydrogens is 941 g/mol. The van der Waals surface area contributed by atoms with Gasteiger partial charge in [0.2, 0.25) is 11.8 Å². The fraction of sp³-hybridized carbons (Fsp3) is 0.608. The van der Waals surface area contributed by atoms with E-state index in [-0.39, 0.29) is 74.1 Å². The smallest absolute Gasteiger partial charge is 0.407 e. The Labute approximate surface area is 419 Å². The fourth-order valence-electron chi connectivity index (χ4n) is 7.07. The maximum atomic E-state index is 15.3. The molecule has 0 aliphatic rings. The largest absolute Gasteiger partial charge is 0.460 e. The molecule has 0 spiro atoms. The van der Waals surface area contributed by atoms with E-state index in [9.17, 15) is 23.6 Å². The number of carbonyl (C=O) groups is 4. The van der Waals surface area contributed by atoms with Crippen LogP contribution in [0, 0.1) is 17.0 Å². The lowest BCUT2D eigenvalue weighted by atomic mass is 9.83. The number of alkyl carbamates (subject to hydrolysis) is 1. The summed E-state index contributed by atoms with van der Waals surface area (Å²) in [5.74, 6) is -1.88. The first-order chi connectivity index (χ1) is 33.0. The number of nitrogens with two attached hydrogens (primary N) is 1. The zero-order valence-electron chi connectivity index (χ0n) is 42.9. The molecule has 70 heavy (non-hydrogen) atoms. The Morgan fingerprint density at radius 1 is 0.800 bits per heavy atom. The van der Waals surface area contributed by atoms with Crippen molar-refractivity contribution in [2.24, 2.45) is 11.1 Å². The number of esters is 1. The number of benzene rings is 2. The van der Waals surface area contributed by atoms with Crippen molar-refractivity contribution in [2.75, 3.05) is 90.6 Å². The molecule has 0 aliphatic carbocycles. The number of nitrogens with one attached hydrogen (secondary N) is 2. The molecular formula is C51H79F2N5O10SSi. The summed E-state index contributed by atoms with van der Waals surface area (Å²) in [6.07, 6.45) is 1.86. The summed E-state index contributed by atoms with van der Waals surface area (Å²) in [5.41, 5.74) is 7.45. The van der Waals surface area contributed by atoms with Gasteiger partial charge in [-0.1, -0.05) is 70.7 Å². The van der Waals surface area contributed by atoms with Gasteiger partial charge in [-0.3, -0.25) is 14.4 Å². The van der Waals surface area contributed by atoms with Crippen LogP contribution in [0.2, 0.25) is 25.7 Å². The number of rotatable bonds is 32. The highest BCUT2D eigenvalue weighted by Crippen LogP contribution is 2.41. The Hall–Kier alpha value is -4.37. The van der Waals surface area contributed by atoms with Crippen molar-refractivity contribution in [2.45, 2.75) is 104 Å². The van der Waals surface area contributed by atoms with Gasteiger partial charge < -0.3 is 54.3 Å². The quantitative estimate of drug-likeness (QED) is 0.0314. The molecule has 19 heteroatoms. The van der Waals surface area contributed by atoms with Gasteiger partial charge in [0.15, 0.2) is 0 Å². The number of carbonyl (C=O) groups excluding carboxylic acids is 4. The van der Waals surface area contributed by atoms with Gasteiger partial charge in [0.05, 0.1) is 83.7 Å². The summed E-state index contributed by atoms with van der Waals surface area (Å²) >= 11 is 1.24. The normalized spacial score (nSPS) is 12.9. The van der Waals surface area contributed by atoms with Crippen molar-refractivity contribution in [1.82, 2.24) is 20.1 Å². The number of halogens is 2. The number of nitrogens with zero attached hydrogens (tertiary/aromatic N) is 2. The van der Waals surface area contributed by atoms with E-state index < -0.39 is 48.9 Å². The van der Waals surface area contributed by atoms with E-state index in [0.29, 0.717) is 64.8 Å². The molecule has 1 aromatic heterocycles. The zero-order chi connectivity index (χ0) is 51.7. The molecule has 0 unspecified atom stereocenters. The highest BCUT2D eigenvalue weighted by Gasteiger charge is 2.37. The van der Waals surface area contributed by atoms with E-state index in [0.717, 1.165) is 29.4 Å². The zero-order valence-corrected chi connectivity index (χ0v) is 44.7. The lowest BCUT2D eigenvalue weighted by Crippen LogP contribution is -2.45.